The number of ether oxygens (including phenoxy) is 2. The van der Waals surface area contributed by atoms with Crippen LogP contribution >= 0.6 is 0 Å². The number of hydrogen-bond acceptors (Lipinski definition) is 4. The molecule has 88 valence electrons. The first kappa shape index (κ1) is 11.3. The molecule has 0 saturated carbocycles. The molecule has 2 fully saturated rings. The largest absolute Gasteiger partial charge is 0.355 e. The Hall–Kier alpha value is -0.160. The van der Waals surface area contributed by atoms with E-state index >= 15 is 0 Å². The van der Waals surface area contributed by atoms with Gasteiger partial charge in [0.05, 0.1) is 12.7 Å². The third kappa shape index (κ3) is 3.72. The van der Waals surface area contributed by atoms with E-state index in [0.29, 0.717) is 18.9 Å². The van der Waals surface area contributed by atoms with Gasteiger partial charge < -0.3 is 19.7 Å². The van der Waals surface area contributed by atoms with E-state index in [1.807, 2.05) is 0 Å². The molecule has 0 aromatic rings. The molecule has 1 unspecified atom stereocenters. The molecule has 0 radical (unpaired) electrons. The molecule has 2 rings (SSSR count). The number of nitrogens with one attached hydrogen (secondary N) is 1. The van der Waals surface area contributed by atoms with Crippen LogP contribution in [-0.4, -0.2) is 57.1 Å². The predicted octanol–water partition coefficient (Wildman–Crippen LogP) is 0.433. The fourth-order valence-corrected chi connectivity index (χ4v) is 2.17. The second-order valence-electron chi connectivity index (χ2n) is 4.59. The summed E-state index contributed by atoms with van der Waals surface area (Å²) in [6.45, 7) is 4.73. The molecule has 4 heteroatoms. The summed E-state index contributed by atoms with van der Waals surface area (Å²) in [6.07, 6.45) is 3.91. The van der Waals surface area contributed by atoms with Gasteiger partial charge in [-0.15, -0.1) is 0 Å². The maximum Gasteiger partial charge on any atom is 0.147 e. The summed E-state index contributed by atoms with van der Waals surface area (Å²) in [5.41, 5.74) is 0. The van der Waals surface area contributed by atoms with Gasteiger partial charge in [0, 0.05) is 12.6 Å². The Balaban J connectivity index is 1.60. The van der Waals surface area contributed by atoms with Crippen molar-refractivity contribution in [1.29, 1.82) is 0 Å². The molecule has 2 saturated heterocycles. The first-order valence-electron chi connectivity index (χ1n) is 5.96. The third-order valence-corrected chi connectivity index (χ3v) is 3.32. The van der Waals surface area contributed by atoms with Crippen molar-refractivity contribution in [3.05, 3.63) is 0 Å². The number of hydrogen-bond donors (Lipinski definition) is 1. The van der Waals surface area contributed by atoms with Crippen LogP contribution in [0.2, 0.25) is 0 Å². The van der Waals surface area contributed by atoms with Crippen molar-refractivity contribution < 1.29 is 9.47 Å². The number of nitrogens with zero attached hydrogens (tertiary/aromatic N) is 1. The quantitative estimate of drug-likeness (QED) is 0.739. The molecule has 2 aliphatic rings. The summed E-state index contributed by atoms with van der Waals surface area (Å²) in [5, 5.41) is 3.60. The molecule has 2 aliphatic heterocycles. The lowest BCUT2D eigenvalue weighted by Gasteiger charge is -2.31. The van der Waals surface area contributed by atoms with Crippen LogP contribution in [0.5, 0.6) is 0 Å². The Morgan fingerprint density at radius 2 is 2.07 bits per heavy atom. The Morgan fingerprint density at radius 3 is 2.73 bits per heavy atom. The molecule has 0 bridgehead atoms. The first-order valence-corrected chi connectivity index (χ1v) is 5.96. The van der Waals surface area contributed by atoms with Gasteiger partial charge in [0.2, 0.25) is 0 Å². The van der Waals surface area contributed by atoms with Crippen molar-refractivity contribution in [2.24, 2.45) is 0 Å². The smallest absolute Gasteiger partial charge is 0.147 e. The van der Waals surface area contributed by atoms with Crippen molar-refractivity contribution >= 4 is 0 Å². The summed E-state index contributed by atoms with van der Waals surface area (Å²) in [6, 6.07) is 0.688. The third-order valence-electron chi connectivity index (χ3n) is 3.32. The van der Waals surface area contributed by atoms with E-state index in [4.69, 9.17) is 9.47 Å². The molecule has 0 aromatic carbocycles. The minimum atomic E-state index is 0.360. The van der Waals surface area contributed by atoms with Crippen LogP contribution in [0.1, 0.15) is 19.3 Å². The lowest BCUT2D eigenvalue weighted by molar-refractivity contribution is -0.137. The highest BCUT2D eigenvalue weighted by molar-refractivity contribution is 4.77. The highest BCUT2D eigenvalue weighted by atomic mass is 16.7. The van der Waals surface area contributed by atoms with Gasteiger partial charge in [-0.1, -0.05) is 0 Å². The maximum absolute atomic E-state index is 5.49. The lowest BCUT2D eigenvalue weighted by atomic mass is 10.1. The van der Waals surface area contributed by atoms with Gasteiger partial charge in [-0.05, 0) is 39.4 Å². The zero-order valence-corrected chi connectivity index (χ0v) is 9.58. The van der Waals surface area contributed by atoms with E-state index in [2.05, 4.69) is 17.3 Å². The molecule has 4 nitrogen and oxygen atoms in total. The highest BCUT2D eigenvalue weighted by Gasteiger charge is 2.19. The lowest BCUT2D eigenvalue weighted by Crippen LogP contribution is -2.44. The second kappa shape index (κ2) is 5.80. The van der Waals surface area contributed by atoms with Gasteiger partial charge >= 0.3 is 0 Å². The van der Waals surface area contributed by atoms with Gasteiger partial charge in [0.25, 0.3) is 0 Å². The fraction of sp³-hybridized carbons (Fsp3) is 1.00. The second-order valence-corrected chi connectivity index (χ2v) is 4.59. The van der Waals surface area contributed by atoms with E-state index in [9.17, 15) is 0 Å². The first-order chi connectivity index (χ1) is 7.34. The average molecular weight is 214 g/mol. The van der Waals surface area contributed by atoms with Gasteiger partial charge in [-0.3, -0.25) is 0 Å². The van der Waals surface area contributed by atoms with Crippen LogP contribution in [-0.2, 0) is 9.47 Å². The number of likely N-dealkylation sites (tertiary alicyclic amines) is 1. The zero-order chi connectivity index (χ0) is 10.5. The minimum Gasteiger partial charge on any atom is -0.355 e. The summed E-state index contributed by atoms with van der Waals surface area (Å²) in [5.74, 6) is 0. The van der Waals surface area contributed by atoms with Crippen LogP contribution in [0.4, 0.5) is 0 Å². The van der Waals surface area contributed by atoms with Crippen LogP contribution in [0.15, 0.2) is 0 Å². The van der Waals surface area contributed by atoms with E-state index in [-0.39, 0.29) is 0 Å². The minimum absolute atomic E-state index is 0.360. The molecule has 0 amide bonds. The Bertz CT molecular complexity index is 175. The summed E-state index contributed by atoms with van der Waals surface area (Å²) < 4.78 is 10.6. The maximum atomic E-state index is 5.49. The molecular formula is C11H22N2O2. The Labute approximate surface area is 91.9 Å². The molecule has 15 heavy (non-hydrogen) atoms. The van der Waals surface area contributed by atoms with Gasteiger partial charge in [-0.25, -0.2) is 0 Å². The van der Waals surface area contributed by atoms with Crippen LogP contribution in [0.25, 0.3) is 0 Å². The highest BCUT2D eigenvalue weighted by Crippen LogP contribution is 2.10. The Morgan fingerprint density at radius 1 is 1.27 bits per heavy atom. The zero-order valence-electron chi connectivity index (χ0n) is 9.58. The molecule has 0 aromatic heterocycles. The standard InChI is InChI=1S/C11H22N2O2/c1-13-5-2-10(3-6-13)12-8-11-4-7-14-9-15-11/h10-12H,2-9H2,1H3. The van der Waals surface area contributed by atoms with Crippen LogP contribution < -0.4 is 5.32 Å². The average Bonchev–Trinajstić information content (AvgIpc) is 2.30. The van der Waals surface area contributed by atoms with Crippen molar-refractivity contribution in [2.45, 2.75) is 31.4 Å². The van der Waals surface area contributed by atoms with Crippen LogP contribution in [0, 0.1) is 0 Å². The van der Waals surface area contributed by atoms with Crippen molar-refractivity contribution in [1.82, 2.24) is 10.2 Å². The summed E-state index contributed by atoms with van der Waals surface area (Å²) in [4.78, 5) is 2.39. The van der Waals surface area contributed by atoms with E-state index in [1.54, 1.807) is 0 Å². The van der Waals surface area contributed by atoms with Crippen LogP contribution in [0.3, 0.4) is 0 Å². The molecule has 1 atom stereocenters. The predicted molar refractivity (Wildman–Crippen MR) is 58.8 cm³/mol. The molecule has 0 aliphatic carbocycles. The SMILES string of the molecule is CN1CCC(NCC2CCOCO2)CC1. The summed E-state index contributed by atoms with van der Waals surface area (Å²) in [7, 11) is 2.19. The van der Waals surface area contributed by atoms with E-state index in [1.165, 1.54) is 25.9 Å². The molecule has 2 heterocycles. The van der Waals surface area contributed by atoms with Crippen molar-refractivity contribution in [3.8, 4) is 0 Å². The topological polar surface area (TPSA) is 33.7 Å². The van der Waals surface area contributed by atoms with Gasteiger partial charge in [-0.2, -0.15) is 0 Å². The van der Waals surface area contributed by atoms with Gasteiger partial charge in [0.1, 0.15) is 6.79 Å². The number of piperidine rings is 1. The molecule has 1 N–H and O–H groups in total. The summed E-state index contributed by atoms with van der Waals surface area (Å²) >= 11 is 0. The molecule has 0 spiro atoms. The normalized spacial score (nSPS) is 30.6. The van der Waals surface area contributed by atoms with Crippen molar-refractivity contribution in [3.63, 3.8) is 0 Å². The monoisotopic (exact) mass is 214 g/mol. The fourth-order valence-electron chi connectivity index (χ4n) is 2.17. The molecular weight excluding hydrogens is 192 g/mol. The van der Waals surface area contributed by atoms with Gasteiger partial charge in [0.15, 0.2) is 0 Å². The van der Waals surface area contributed by atoms with E-state index in [0.717, 1.165) is 19.6 Å². The Kier molecular flexibility index (Phi) is 4.38. The number of rotatable bonds is 3. The van der Waals surface area contributed by atoms with Crippen molar-refractivity contribution in [2.75, 3.05) is 40.1 Å². The van der Waals surface area contributed by atoms with E-state index < -0.39 is 0 Å².